The third kappa shape index (κ3) is 11.4. The van der Waals surface area contributed by atoms with Gasteiger partial charge in [-0.05, 0) is 62.9 Å². The van der Waals surface area contributed by atoms with E-state index >= 15 is 0 Å². The van der Waals surface area contributed by atoms with Crippen molar-refractivity contribution >= 4 is 24.1 Å². The van der Waals surface area contributed by atoms with E-state index in [2.05, 4.69) is 45.2 Å². The zero-order chi connectivity index (χ0) is 37.9. The highest BCUT2D eigenvalue weighted by atomic mass is 16.7. The van der Waals surface area contributed by atoms with Gasteiger partial charge < -0.3 is 43.7 Å². The first kappa shape index (κ1) is 41.6. The van der Waals surface area contributed by atoms with Crippen molar-refractivity contribution in [1.29, 1.82) is 0 Å². The lowest BCUT2D eigenvalue weighted by molar-refractivity contribution is -0.285. The van der Waals surface area contributed by atoms with Crippen LogP contribution < -0.4 is 0 Å². The summed E-state index contributed by atoms with van der Waals surface area (Å²) in [6.45, 7) is 16.6. The van der Waals surface area contributed by atoms with Crippen molar-refractivity contribution in [2.75, 3.05) is 13.2 Å². The van der Waals surface area contributed by atoms with Crippen LogP contribution in [0, 0.1) is 29.1 Å². The van der Waals surface area contributed by atoms with Crippen molar-refractivity contribution in [3.8, 4) is 0 Å². The number of carbonyl (C=O) groups is 4. The van der Waals surface area contributed by atoms with Crippen LogP contribution in [-0.4, -0.2) is 95.5 Å². The molecule has 2 aliphatic carbocycles. The molecule has 0 amide bonds. The molecule has 1 heterocycles. The van der Waals surface area contributed by atoms with Gasteiger partial charge in [-0.15, -0.1) is 0 Å². The van der Waals surface area contributed by atoms with E-state index in [0.29, 0.717) is 25.7 Å². The number of ether oxygens (including phenoxy) is 6. The van der Waals surface area contributed by atoms with Crippen LogP contribution in [0.5, 0.6) is 0 Å². The molecule has 3 rings (SSSR count). The lowest BCUT2D eigenvalue weighted by Gasteiger charge is -2.44. The largest absolute Gasteiger partial charge is 0.508 e. The number of rotatable bonds is 16. The fraction of sp³-hybridized carbons (Fsp3) is 0.632. The number of hydrogen-bond donors (Lipinski definition) is 3. The van der Waals surface area contributed by atoms with Crippen LogP contribution in [0.2, 0.25) is 0 Å². The number of carbonyl (C=O) groups excluding carboxylic acids is 4. The molecule has 0 aromatic rings. The Hall–Kier alpha value is -3.78. The van der Waals surface area contributed by atoms with E-state index in [1.54, 1.807) is 0 Å². The third-order valence-electron chi connectivity index (χ3n) is 9.72. The van der Waals surface area contributed by atoms with E-state index in [0.717, 1.165) is 11.6 Å². The molecular weight excluding hydrogens is 664 g/mol. The molecule has 11 atom stereocenters. The quantitative estimate of drug-likeness (QED) is 0.0892. The maximum atomic E-state index is 13.2. The summed E-state index contributed by atoms with van der Waals surface area (Å²) in [6, 6.07) is 0. The maximum absolute atomic E-state index is 13.2. The first-order chi connectivity index (χ1) is 24.1. The van der Waals surface area contributed by atoms with Gasteiger partial charge in [-0.1, -0.05) is 70.4 Å². The Morgan fingerprint density at radius 3 is 2.37 bits per heavy atom. The minimum atomic E-state index is -1.87. The molecule has 1 fully saturated rings. The Morgan fingerprint density at radius 1 is 1.02 bits per heavy atom. The van der Waals surface area contributed by atoms with Crippen LogP contribution in [0.25, 0.3) is 0 Å². The molecule has 13 heteroatoms. The van der Waals surface area contributed by atoms with Crippen molar-refractivity contribution in [2.45, 2.75) is 110 Å². The van der Waals surface area contributed by atoms with Gasteiger partial charge in [0.2, 0.25) is 6.29 Å². The molecule has 3 N–H and O–H groups in total. The van der Waals surface area contributed by atoms with Gasteiger partial charge in [-0.3, -0.25) is 4.79 Å². The van der Waals surface area contributed by atoms with Gasteiger partial charge in [0, 0.05) is 18.4 Å². The summed E-state index contributed by atoms with van der Waals surface area (Å²) in [5, 5.41) is 30.7. The molecule has 1 aliphatic heterocycles. The topological polar surface area (TPSA) is 184 Å². The molecule has 0 bridgehead atoms. The highest BCUT2D eigenvalue weighted by molar-refractivity contribution is 5.82. The molecular formula is C38H54O13. The van der Waals surface area contributed by atoms with Crippen LogP contribution >= 0.6 is 0 Å². The van der Waals surface area contributed by atoms with E-state index in [9.17, 15) is 34.5 Å². The summed E-state index contributed by atoms with van der Waals surface area (Å²) in [7, 11) is 0. The summed E-state index contributed by atoms with van der Waals surface area (Å²) >= 11 is 0. The van der Waals surface area contributed by atoms with Gasteiger partial charge in [-0.25, -0.2) is 14.4 Å². The van der Waals surface area contributed by atoms with E-state index in [-0.39, 0.29) is 55.4 Å². The second kappa shape index (κ2) is 19.2. The molecule has 1 saturated heterocycles. The molecule has 0 radical (unpaired) electrons. The van der Waals surface area contributed by atoms with E-state index in [1.807, 2.05) is 20.8 Å². The lowest BCUT2D eigenvalue weighted by Crippen LogP contribution is -2.60. The van der Waals surface area contributed by atoms with Gasteiger partial charge in [0.15, 0.2) is 6.10 Å². The fourth-order valence-corrected chi connectivity index (χ4v) is 6.40. The number of fused-ring (bicyclic) bond motifs is 1. The number of esters is 3. The molecule has 284 valence electrons. The van der Waals surface area contributed by atoms with Crippen molar-refractivity contribution in [3.63, 3.8) is 0 Å². The van der Waals surface area contributed by atoms with E-state index in [4.69, 9.17) is 28.4 Å². The minimum absolute atomic E-state index is 0.0506. The normalized spacial score (nSPS) is 31.0. The molecule has 0 aromatic heterocycles. The number of allylic oxidation sites excluding steroid dienone is 3. The second-order valence-electron chi connectivity index (χ2n) is 14.0. The molecule has 51 heavy (non-hydrogen) atoms. The molecule has 13 nitrogen and oxygen atoms in total. The van der Waals surface area contributed by atoms with Crippen molar-refractivity contribution in [2.24, 2.45) is 29.1 Å². The Kier molecular flexibility index (Phi) is 15.6. The Bertz CT molecular complexity index is 1330. The number of hydrogen-bond acceptors (Lipinski definition) is 13. The van der Waals surface area contributed by atoms with Crippen LogP contribution in [0.4, 0.5) is 4.79 Å². The Balaban J connectivity index is 1.72. The average Bonchev–Trinajstić information content (AvgIpc) is 3.09. The summed E-state index contributed by atoms with van der Waals surface area (Å²) in [5.74, 6) is -1.91. The van der Waals surface area contributed by atoms with Gasteiger partial charge in [0.25, 0.3) is 0 Å². The van der Waals surface area contributed by atoms with Crippen molar-refractivity contribution < 1.29 is 62.9 Å². The zero-order valence-electron chi connectivity index (χ0n) is 30.2. The van der Waals surface area contributed by atoms with Crippen molar-refractivity contribution in [3.05, 3.63) is 61.3 Å². The molecule has 0 spiro atoms. The van der Waals surface area contributed by atoms with E-state index < -0.39 is 60.3 Å². The summed E-state index contributed by atoms with van der Waals surface area (Å²) < 4.78 is 32.1. The zero-order valence-corrected chi connectivity index (χ0v) is 30.2. The van der Waals surface area contributed by atoms with Crippen molar-refractivity contribution in [1.82, 2.24) is 0 Å². The lowest BCUT2D eigenvalue weighted by atomic mass is 9.65. The van der Waals surface area contributed by atoms with Crippen LogP contribution in [0.1, 0.15) is 66.7 Å². The van der Waals surface area contributed by atoms with Gasteiger partial charge in [0.05, 0.1) is 5.41 Å². The van der Waals surface area contributed by atoms with Crippen LogP contribution in [-0.2, 0) is 42.8 Å². The van der Waals surface area contributed by atoms with E-state index in [1.165, 1.54) is 18.2 Å². The standard InChI is InChI=1S/C38H54O13/c1-8-18-46-34(43)33-31(41)30(40)32(42)35(51-33)50-28(39)13-11-12-25(48-37(45)47-19-9-2)16-17-26-23(5)14-15-24-20-22(4)21-27(29(24)26)49-36(44)38(6,7)10-3/h8-9,11,13-15,20,22-23,25-27,29-33,35,40-42H,1-2,10,12,16-19,21H2,3-7H3/b13-11+/t22-,23-,25-,26-,27-,29-,30?,31?,32?,33?,35?/m1/s1. The predicted octanol–water partition coefficient (Wildman–Crippen LogP) is 4.25. The first-order valence-electron chi connectivity index (χ1n) is 17.5. The van der Waals surface area contributed by atoms with Crippen LogP contribution in [0.3, 0.4) is 0 Å². The highest BCUT2D eigenvalue weighted by Gasteiger charge is 2.49. The average molecular weight is 719 g/mol. The smallest absolute Gasteiger partial charge is 0.461 e. The number of aliphatic hydroxyl groups excluding tert-OH is 3. The fourth-order valence-electron chi connectivity index (χ4n) is 6.40. The second-order valence-corrected chi connectivity index (χ2v) is 14.0. The van der Waals surface area contributed by atoms with Crippen LogP contribution in [0.15, 0.2) is 61.3 Å². The highest BCUT2D eigenvalue weighted by Crippen LogP contribution is 2.45. The van der Waals surface area contributed by atoms with Gasteiger partial charge in [0.1, 0.15) is 43.7 Å². The Morgan fingerprint density at radius 2 is 1.71 bits per heavy atom. The SMILES string of the molecule is C=CCOC(=O)O[C@H](C/C=C/C(=O)OC1OC(C(=O)OCC=C)C(O)C(O)C1O)CC[C@H]1[C@H]2C(=C[C@@H](C)C[C@H]2OC(=O)C(C)(C)CC)C=C[C@H]1C. The number of aliphatic hydroxyl groups is 3. The molecule has 0 aromatic carbocycles. The molecule has 3 aliphatic rings. The predicted molar refractivity (Wildman–Crippen MR) is 184 cm³/mol. The summed E-state index contributed by atoms with van der Waals surface area (Å²) in [6.07, 6.45) is 2.98. The van der Waals surface area contributed by atoms with Gasteiger partial charge >= 0.3 is 24.1 Å². The van der Waals surface area contributed by atoms with Gasteiger partial charge in [-0.2, -0.15) is 0 Å². The monoisotopic (exact) mass is 718 g/mol. The Labute approximate surface area is 299 Å². The summed E-state index contributed by atoms with van der Waals surface area (Å²) in [5.41, 5.74) is 0.505. The minimum Gasteiger partial charge on any atom is -0.461 e. The first-order valence-corrected chi connectivity index (χ1v) is 17.5. The molecule has 5 unspecified atom stereocenters. The molecule has 0 saturated carbocycles. The summed E-state index contributed by atoms with van der Waals surface area (Å²) in [4.78, 5) is 50.6. The maximum Gasteiger partial charge on any atom is 0.508 e. The third-order valence-corrected chi connectivity index (χ3v) is 9.72.